The Labute approximate surface area is 179 Å². The summed E-state index contributed by atoms with van der Waals surface area (Å²) in [5, 5.41) is 14.8. The van der Waals surface area contributed by atoms with Crippen molar-refractivity contribution in [3.05, 3.63) is 51.3 Å². The number of hydrogen-bond donors (Lipinski definition) is 1. The van der Waals surface area contributed by atoms with Crippen LogP contribution in [0, 0.1) is 12.3 Å². The van der Waals surface area contributed by atoms with E-state index in [1.54, 1.807) is 4.68 Å². The molecule has 3 fully saturated rings. The van der Waals surface area contributed by atoms with Gasteiger partial charge in [0.1, 0.15) is 6.54 Å². The summed E-state index contributed by atoms with van der Waals surface area (Å²) in [7, 11) is 0. The maximum Gasteiger partial charge on any atom is 0.356 e. The maximum atomic E-state index is 13.0. The zero-order valence-electron chi connectivity index (χ0n) is 16.9. The molecular formula is C23H24ClN3O3. The SMILES string of the molecule is Cc1c(Cl)cccc1C1CCN(C(=O)Cn2nc(C(=O)O)c3c2CC24CC32C4)CC1. The zero-order chi connectivity index (χ0) is 20.8. The lowest BCUT2D eigenvalue weighted by atomic mass is 9.87. The fourth-order valence-corrected chi connectivity index (χ4v) is 6.45. The number of likely N-dealkylation sites (tertiary alicyclic amines) is 1. The highest BCUT2D eigenvalue weighted by atomic mass is 35.5. The van der Waals surface area contributed by atoms with Gasteiger partial charge in [-0.05, 0) is 67.6 Å². The Kier molecular flexibility index (Phi) is 3.61. The van der Waals surface area contributed by atoms with E-state index in [-0.39, 0.29) is 23.6 Å². The van der Waals surface area contributed by atoms with Crippen LogP contribution in [0.3, 0.4) is 0 Å². The van der Waals surface area contributed by atoms with Crippen LogP contribution in [-0.2, 0) is 23.2 Å². The van der Waals surface area contributed by atoms with Gasteiger partial charge in [0.25, 0.3) is 0 Å². The molecule has 6 nitrogen and oxygen atoms in total. The predicted molar refractivity (Wildman–Crippen MR) is 111 cm³/mol. The van der Waals surface area contributed by atoms with Crippen molar-refractivity contribution in [1.29, 1.82) is 0 Å². The highest BCUT2D eigenvalue weighted by Gasteiger charge is 2.87. The molecule has 0 atom stereocenters. The molecule has 4 aliphatic rings. The molecule has 1 saturated heterocycles. The smallest absolute Gasteiger partial charge is 0.356 e. The standard InChI is InChI=1S/C23H24ClN3O3/c1-13-15(3-2-4-16(13)24)14-5-7-26(8-6-14)18(28)10-27-17-9-22-11-23(22,12-22)19(17)20(25-27)21(29)30/h2-4,14H,5-12H2,1H3,(H,29,30). The second kappa shape index (κ2) is 5.88. The van der Waals surface area contributed by atoms with Crippen molar-refractivity contribution in [2.75, 3.05) is 13.1 Å². The van der Waals surface area contributed by atoms with Gasteiger partial charge in [-0.1, -0.05) is 23.7 Å². The Bertz CT molecular complexity index is 1110. The quantitative estimate of drug-likeness (QED) is 0.812. The van der Waals surface area contributed by atoms with Crippen LogP contribution in [0.1, 0.15) is 64.5 Å². The van der Waals surface area contributed by atoms with E-state index in [4.69, 9.17) is 11.6 Å². The van der Waals surface area contributed by atoms with Crippen molar-refractivity contribution in [2.24, 2.45) is 5.41 Å². The average molecular weight is 426 g/mol. The van der Waals surface area contributed by atoms with Gasteiger partial charge in [-0.2, -0.15) is 5.10 Å². The molecule has 0 bridgehead atoms. The van der Waals surface area contributed by atoms with Crippen LogP contribution >= 0.6 is 11.6 Å². The highest BCUT2D eigenvalue weighted by molar-refractivity contribution is 6.31. The summed E-state index contributed by atoms with van der Waals surface area (Å²) in [5.41, 5.74) is 4.90. The number of carboxylic acid groups (broad SMARTS) is 1. The molecule has 156 valence electrons. The van der Waals surface area contributed by atoms with Gasteiger partial charge in [0, 0.05) is 34.8 Å². The lowest BCUT2D eigenvalue weighted by molar-refractivity contribution is -0.133. The van der Waals surface area contributed by atoms with E-state index in [0.29, 0.717) is 24.4 Å². The van der Waals surface area contributed by atoms with Crippen molar-refractivity contribution in [2.45, 2.75) is 56.9 Å². The number of benzene rings is 1. The minimum absolute atomic E-state index is 0.0303. The molecule has 0 radical (unpaired) electrons. The van der Waals surface area contributed by atoms with Gasteiger partial charge < -0.3 is 10.0 Å². The summed E-state index contributed by atoms with van der Waals surface area (Å²) in [5.74, 6) is -0.528. The lowest BCUT2D eigenvalue weighted by Gasteiger charge is -2.33. The number of piperidine rings is 1. The molecule has 6 rings (SSSR count). The third-order valence-electron chi connectivity index (χ3n) is 8.17. The fraction of sp³-hybridized carbons (Fsp3) is 0.522. The fourth-order valence-electron chi connectivity index (χ4n) is 6.27. The molecule has 1 amide bonds. The molecule has 2 aromatic rings. The summed E-state index contributed by atoms with van der Waals surface area (Å²) < 4.78 is 1.68. The number of carboxylic acids is 1. The number of hydrogen-bond acceptors (Lipinski definition) is 3. The Hall–Kier alpha value is -2.34. The van der Waals surface area contributed by atoms with Crippen LogP contribution in [0.5, 0.6) is 0 Å². The third-order valence-corrected chi connectivity index (χ3v) is 8.58. The van der Waals surface area contributed by atoms with Gasteiger partial charge in [-0.15, -0.1) is 0 Å². The molecule has 1 aromatic heterocycles. The predicted octanol–water partition coefficient (Wildman–Crippen LogP) is 3.54. The summed E-state index contributed by atoms with van der Waals surface area (Å²) in [6.07, 6.45) is 4.91. The van der Waals surface area contributed by atoms with E-state index in [1.165, 1.54) is 5.56 Å². The largest absolute Gasteiger partial charge is 0.476 e. The van der Waals surface area contributed by atoms with Crippen LogP contribution in [-0.4, -0.2) is 44.8 Å². The second-order valence-electron chi connectivity index (χ2n) is 9.63. The number of carbonyl (C=O) groups is 2. The van der Waals surface area contributed by atoms with E-state index < -0.39 is 5.97 Å². The molecule has 3 aliphatic carbocycles. The Morgan fingerprint density at radius 2 is 2.00 bits per heavy atom. The van der Waals surface area contributed by atoms with Crippen molar-refractivity contribution in [3.8, 4) is 0 Å². The third kappa shape index (κ3) is 2.34. The van der Waals surface area contributed by atoms with E-state index in [9.17, 15) is 14.7 Å². The highest BCUT2D eigenvalue weighted by Crippen LogP contribution is 2.90. The van der Waals surface area contributed by atoms with Crippen molar-refractivity contribution in [3.63, 3.8) is 0 Å². The number of carbonyl (C=O) groups excluding carboxylic acids is 1. The number of nitrogens with zero attached hydrogens (tertiary/aromatic N) is 3. The Morgan fingerprint density at radius 3 is 2.70 bits per heavy atom. The summed E-state index contributed by atoms with van der Waals surface area (Å²) in [6, 6.07) is 6.05. The number of halogens is 1. The van der Waals surface area contributed by atoms with Crippen molar-refractivity contribution >= 4 is 23.5 Å². The Morgan fingerprint density at radius 1 is 1.27 bits per heavy atom. The van der Waals surface area contributed by atoms with Gasteiger partial charge in [-0.3, -0.25) is 9.48 Å². The molecule has 0 unspecified atom stereocenters. The topological polar surface area (TPSA) is 75.4 Å². The van der Waals surface area contributed by atoms with Crippen molar-refractivity contribution in [1.82, 2.24) is 14.7 Å². The van der Waals surface area contributed by atoms with Crippen LogP contribution in [0.4, 0.5) is 0 Å². The minimum atomic E-state index is -0.973. The van der Waals surface area contributed by atoms with Gasteiger partial charge in [0.05, 0.1) is 0 Å². The first kappa shape index (κ1) is 18.4. The van der Waals surface area contributed by atoms with E-state index in [2.05, 4.69) is 18.1 Å². The van der Waals surface area contributed by atoms with Crippen LogP contribution in [0.25, 0.3) is 0 Å². The lowest BCUT2D eigenvalue weighted by Crippen LogP contribution is -2.40. The van der Waals surface area contributed by atoms with Crippen LogP contribution < -0.4 is 0 Å². The molecule has 30 heavy (non-hydrogen) atoms. The molecular weight excluding hydrogens is 402 g/mol. The number of amides is 1. The number of aromatic carboxylic acids is 1. The van der Waals surface area contributed by atoms with Crippen LogP contribution in [0.15, 0.2) is 18.2 Å². The second-order valence-corrected chi connectivity index (χ2v) is 10.0. The molecule has 1 aliphatic heterocycles. The zero-order valence-corrected chi connectivity index (χ0v) is 17.7. The first-order chi connectivity index (χ1) is 14.4. The van der Waals surface area contributed by atoms with E-state index >= 15 is 0 Å². The van der Waals surface area contributed by atoms with Crippen LogP contribution in [0.2, 0.25) is 5.02 Å². The normalized spacial score (nSPS) is 28.7. The van der Waals surface area contributed by atoms with Gasteiger partial charge >= 0.3 is 5.97 Å². The summed E-state index contributed by atoms with van der Waals surface area (Å²) in [4.78, 5) is 26.6. The van der Waals surface area contributed by atoms with Gasteiger partial charge in [0.15, 0.2) is 5.69 Å². The first-order valence-electron chi connectivity index (χ1n) is 10.7. The summed E-state index contributed by atoms with van der Waals surface area (Å²) >= 11 is 6.28. The molecule has 1 aromatic carbocycles. The van der Waals surface area contributed by atoms with Crippen molar-refractivity contribution < 1.29 is 14.7 Å². The summed E-state index contributed by atoms with van der Waals surface area (Å²) in [6.45, 7) is 3.61. The minimum Gasteiger partial charge on any atom is -0.476 e. The average Bonchev–Trinajstić information content (AvgIpc) is 3.39. The molecule has 1 N–H and O–H groups in total. The maximum absolute atomic E-state index is 13.0. The number of fused-ring (bicyclic) bond motifs is 1. The molecule has 2 saturated carbocycles. The van der Waals surface area contributed by atoms with E-state index in [1.807, 2.05) is 17.0 Å². The first-order valence-corrected chi connectivity index (χ1v) is 11.1. The number of rotatable bonds is 4. The number of aromatic nitrogens is 2. The molecule has 7 heteroatoms. The monoisotopic (exact) mass is 425 g/mol. The van der Waals surface area contributed by atoms with Gasteiger partial charge in [-0.25, -0.2) is 4.79 Å². The molecule has 2 heterocycles. The Balaban J connectivity index is 1.16. The molecule has 0 spiro atoms. The van der Waals surface area contributed by atoms with Gasteiger partial charge in [0.2, 0.25) is 5.91 Å². The van der Waals surface area contributed by atoms with E-state index in [0.717, 1.165) is 53.9 Å².